The Bertz CT molecular complexity index is 728. The molecule has 2 aromatic rings. The van der Waals surface area contributed by atoms with Gasteiger partial charge in [0.05, 0.1) is 5.69 Å². The molecule has 0 amide bonds. The van der Waals surface area contributed by atoms with Crippen LogP contribution in [0.25, 0.3) is 0 Å². The lowest BCUT2D eigenvalue weighted by molar-refractivity contribution is 0.476. The van der Waals surface area contributed by atoms with Gasteiger partial charge in [-0.25, -0.2) is 0 Å². The van der Waals surface area contributed by atoms with Crippen LogP contribution in [0.15, 0.2) is 6.33 Å². The van der Waals surface area contributed by atoms with Crippen LogP contribution in [0.1, 0.15) is 41.4 Å². The largest absolute Gasteiger partial charge is 0.353 e. The second kappa shape index (κ2) is 5.72. The van der Waals surface area contributed by atoms with Gasteiger partial charge >= 0.3 is 0 Å². The summed E-state index contributed by atoms with van der Waals surface area (Å²) < 4.78 is 1.96. The Labute approximate surface area is 129 Å². The lowest BCUT2D eigenvalue weighted by Crippen LogP contribution is -2.36. The summed E-state index contributed by atoms with van der Waals surface area (Å²) in [5.41, 5.74) is 2.35. The highest BCUT2D eigenvalue weighted by molar-refractivity contribution is 5.57. The molecule has 1 saturated heterocycles. The minimum atomic E-state index is 0.302. The van der Waals surface area contributed by atoms with Gasteiger partial charge in [0.15, 0.2) is 5.82 Å². The van der Waals surface area contributed by atoms with Crippen molar-refractivity contribution in [1.82, 2.24) is 25.0 Å². The number of hydrogen-bond acceptors (Lipinski definition) is 6. The number of rotatable bonds is 2. The SMILES string of the molecule is Cc1nnc(N2CCCC(c3nncn3C)C2)c(C#N)c1C. The van der Waals surface area contributed by atoms with Gasteiger partial charge in [-0.15, -0.1) is 15.3 Å². The van der Waals surface area contributed by atoms with E-state index in [0.29, 0.717) is 17.3 Å². The van der Waals surface area contributed by atoms with Crippen molar-refractivity contribution in [2.75, 3.05) is 18.0 Å². The van der Waals surface area contributed by atoms with Crippen molar-refractivity contribution in [3.63, 3.8) is 0 Å². The highest BCUT2D eigenvalue weighted by Gasteiger charge is 2.27. The summed E-state index contributed by atoms with van der Waals surface area (Å²) in [6.45, 7) is 5.49. The van der Waals surface area contributed by atoms with Crippen LogP contribution in [0, 0.1) is 25.2 Å². The molecule has 7 heteroatoms. The predicted octanol–water partition coefficient (Wildman–Crippen LogP) is 1.48. The number of hydrogen-bond donors (Lipinski definition) is 0. The second-order valence-electron chi connectivity index (χ2n) is 5.81. The molecule has 1 aliphatic rings. The van der Waals surface area contributed by atoms with E-state index in [-0.39, 0.29) is 0 Å². The van der Waals surface area contributed by atoms with Crippen LogP contribution in [-0.4, -0.2) is 38.1 Å². The van der Waals surface area contributed by atoms with Gasteiger partial charge in [0, 0.05) is 26.1 Å². The van der Waals surface area contributed by atoms with Gasteiger partial charge in [0.1, 0.15) is 23.8 Å². The average Bonchev–Trinajstić information content (AvgIpc) is 2.96. The molecule has 3 rings (SSSR count). The van der Waals surface area contributed by atoms with E-state index in [1.807, 2.05) is 25.5 Å². The maximum absolute atomic E-state index is 9.48. The quantitative estimate of drug-likeness (QED) is 0.835. The van der Waals surface area contributed by atoms with Crippen molar-refractivity contribution in [2.45, 2.75) is 32.6 Å². The molecule has 0 spiro atoms. The van der Waals surface area contributed by atoms with Crippen LogP contribution in [0.4, 0.5) is 5.82 Å². The van der Waals surface area contributed by atoms with Crippen molar-refractivity contribution >= 4 is 5.82 Å². The predicted molar refractivity (Wildman–Crippen MR) is 81.4 cm³/mol. The fourth-order valence-electron chi connectivity index (χ4n) is 2.99. The lowest BCUT2D eigenvalue weighted by Gasteiger charge is -2.33. The van der Waals surface area contributed by atoms with Gasteiger partial charge < -0.3 is 9.47 Å². The van der Waals surface area contributed by atoms with Crippen LogP contribution >= 0.6 is 0 Å². The van der Waals surface area contributed by atoms with Crippen molar-refractivity contribution in [3.05, 3.63) is 29.0 Å². The van der Waals surface area contributed by atoms with Crippen molar-refractivity contribution < 1.29 is 0 Å². The zero-order valence-corrected chi connectivity index (χ0v) is 13.1. The standard InChI is InChI=1S/C15H19N7/c1-10-11(2)18-20-15(13(10)7-16)22-6-4-5-12(8-22)14-19-17-9-21(14)3/h9,12H,4-6,8H2,1-3H3. The first-order valence-corrected chi connectivity index (χ1v) is 7.44. The Morgan fingerprint density at radius 1 is 1.27 bits per heavy atom. The van der Waals surface area contributed by atoms with Gasteiger partial charge in [0.2, 0.25) is 0 Å². The third kappa shape index (κ3) is 2.41. The van der Waals surface area contributed by atoms with Gasteiger partial charge in [-0.1, -0.05) is 0 Å². The summed E-state index contributed by atoms with van der Waals surface area (Å²) in [7, 11) is 1.96. The number of piperidine rings is 1. The van der Waals surface area contributed by atoms with Crippen LogP contribution in [0.2, 0.25) is 0 Å². The first kappa shape index (κ1) is 14.4. The molecule has 1 atom stereocenters. The molecule has 1 aliphatic heterocycles. The molecule has 1 fully saturated rings. The summed E-state index contributed by atoms with van der Waals surface area (Å²) in [6, 6.07) is 2.29. The first-order valence-electron chi connectivity index (χ1n) is 7.44. The molecule has 7 nitrogen and oxygen atoms in total. The van der Waals surface area contributed by atoms with E-state index in [2.05, 4.69) is 31.4 Å². The summed E-state index contributed by atoms with van der Waals surface area (Å²) in [5.74, 6) is 1.98. The normalized spacial score (nSPS) is 18.3. The zero-order valence-electron chi connectivity index (χ0n) is 13.1. The van der Waals surface area contributed by atoms with E-state index in [1.54, 1.807) is 6.33 Å². The fraction of sp³-hybridized carbons (Fsp3) is 0.533. The minimum absolute atomic E-state index is 0.302. The van der Waals surface area contributed by atoms with Crippen molar-refractivity contribution in [1.29, 1.82) is 5.26 Å². The molecule has 114 valence electrons. The molecule has 0 bridgehead atoms. The second-order valence-corrected chi connectivity index (χ2v) is 5.81. The van der Waals surface area contributed by atoms with E-state index < -0.39 is 0 Å². The average molecular weight is 297 g/mol. The number of aryl methyl sites for hydroxylation is 2. The van der Waals surface area contributed by atoms with Crippen LogP contribution in [0.5, 0.6) is 0 Å². The molecule has 0 saturated carbocycles. The highest BCUT2D eigenvalue weighted by Crippen LogP contribution is 2.30. The van der Waals surface area contributed by atoms with E-state index >= 15 is 0 Å². The summed E-state index contributed by atoms with van der Waals surface area (Å²) in [4.78, 5) is 2.15. The zero-order chi connectivity index (χ0) is 15.7. The van der Waals surface area contributed by atoms with Crippen molar-refractivity contribution in [2.24, 2.45) is 7.05 Å². The van der Waals surface area contributed by atoms with E-state index in [4.69, 9.17) is 0 Å². The van der Waals surface area contributed by atoms with Crippen LogP contribution in [0.3, 0.4) is 0 Å². The number of anilines is 1. The number of nitrogens with zero attached hydrogens (tertiary/aromatic N) is 7. The Morgan fingerprint density at radius 2 is 2.09 bits per heavy atom. The maximum atomic E-state index is 9.48. The van der Waals surface area contributed by atoms with Crippen LogP contribution in [-0.2, 0) is 7.05 Å². The molecule has 0 radical (unpaired) electrons. The summed E-state index contributed by atoms with van der Waals surface area (Å²) in [5, 5.41) is 26.1. The molecule has 2 aromatic heterocycles. The Morgan fingerprint density at radius 3 is 2.77 bits per heavy atom. The van der Waals surface area contributed by atoms with E-state index in [0.717, 1.165) is 43.0 Å². The van der Waals surface area contributed by atoms with Gasteiger partial charge in [-0.3, -0.25) is 0 Å². The molecule has 0 aliphatic carbocycles. The summed E-state index contributed by atoms with van der Waals surface area (Å²) >= 11 is 0. The Kier molecular flexibility index (Phi) is 3.75. The number of aromatic nitrogens is 5. The van der Waals surface area contributed by atoms with Gasteiger partial charge in [-0.2, -0.15) is 10.4 Å². The Balaban J connectivity index is 1.92. The lowest BCUT2D eigenvalue weighted by atomic mass is 9.96. The molecule has 1 unspecified atom stereocenters. The van der Waals surface area contributed by atoms with Gasteiger partial charge in [0.25, 0.3) is 0 Å². The topological polar surface area (TPSA) is 83.5 Å². The van der Waals surface area contributed by atoms with Crippen LogP contribution < -0.4 is 4.90 Å². The molecular formula is C15H19N7. The molecule has 3 heterocycles. The minimum Gasteiger partial charge on any atom is -0.353 e. The third-order valence-corrected chi connectivity index (χ3v) is 4.38. The molecule has 22 heavy (non-hydrogen) atoms. The molecule has 0 N–H and O–H groups in total. The maximum Gasteiger partial charge on any atom is 0.169 e. The third-order valence-electron chi connectivity index (χ3n) is 4.38. The van der Waals surface area contributed by atoms with E-state index in [9.17, 15) is 5.26 Å². The fourth-order valence-corrected chi connectivity index (χ4v) is 2.99. The molecule has 0 aromatic carbocycles. The van der Waals surface area contributed by atoms with Gasteiger partial charge in [-0.05, 0) is 32.3 Å². The Hall–Kier alpha value is -2.49. The molecular weight excluding hydrogens is 278 g/mol. The van der Waals surface area contributed by atoms with E-state index in [1.165, 1.54) is 0 Å². The highest BCUT2D eigenvalue weighted by atomic mass is 15.3. The first-order chi connectivity index (χ1) is 10.6. The monoisotopic (exact) mass is 297 g/mol. The summed E-state index contributed by atoms with van der Waals surface area (Å²) in [6.07, 6.45) is 3.84. The van der Waals surface area contributed by atoms with Crippen molar-refractivity contribution in [3.8, 4) is 6.07 Å². The smallest absolute Gasteiger partial charge is 0.169 e. The number of nitriles is 1.